The predicted octanol–water partition coefficient (Wildman–Crippen LogP) is 1.49. The Kier molecular flexibility index (Phi) is 5.48. The summed E-state index contributed by atoms with van der Waals surface area (Å²) in [6.45, 7) is 7.05. The third-order valence-corrected chi connectivity index (χ3v) is 4.32. The molecule has 1 saturated heterocycles. The number of benzene rings is 1. The summed E-state index contributed by atoms with van der Waals surface area (Å²) in [4.78, 5) is 20.9. The monoisotopic (exact) mass is 328 g/mol. The lowest BCUT2D eigenvalue weighted by Crippen LogP contribution is -2.52. The molecule has 1 amide bonds. The number of hydrogen-bond donors (Lipinski definition) is 0. The number of hydrogen-bond acceptors (Lipinski definition) is 4. The average Bonchev–Trinajstić information content (AvgIpc) is 3.14. The molecule has 1 fully saturated rings. The van der Waals surface area contributed by atoms with Gasteiger partial charge in [-0.25, -0.2) is 4.98 Å². The highest BCUT2D eigenvalue weighted by Gasteiger charge is 2.25. The molecule has 3 rings (SSSR count). The Morgan fingerprint density at radius 2 is 1.92 bits per heavy atom. The molecule has 0 bridgehead atoms. The van der Waals surface area contributed by atoms with E-state index >= 15 is 0 Å². The number of ether oxygens (including phenoxy) is 1. The van der Waals surface area contributed by atoms with E-state index in [-0.39, 0.29) is 5.91 Å². The van der Waals surface area contributed by atoms with Crippen molar-refractivity contribution in [3.05, 3.63) is 49.1 Å². The van der Waals surface area contributed by atoms with E-state index in [2.05, 4.69) is 14.5 Å². The first kappa shape index (κ1) is 16.5. The summed E-state index contributed by atoms with van der Waals surface area (Å²) in [6, 6.07) is 9.50. The minimum Gasteiger partial charge on any atom is -0.481 e. The second-order valence-corrected chi connectivity index (χ2v) is 6.04. The number of amides is 1. The van der Waals surface area contributed by atoms with E-state index < -0.39 is 6.10 Å². The highest BCUT2D eigenvalue weighted by atomic mass is 16.5. The molecule has 2 heterocycles. The molecule has 128 valence electrons. The Labute approximate surface area is 142 Å². The molecule has 0 radical (unpaired) electrons. The summed E-state index contributed by atoms with van der Waals surface area (Å²) >= 11 is 0. The van der Waals surface area contributed by atoms with Gasteiger partial charge in [0.25, 0.3) is 5.91 Å². The fourth-order valence-corrected chi connectivity index (χ4v) is 2.88. The zero-order valence-corrected chi connectivity index (χ0v) is 14.0. The van der Waals surface area contributed by atoms with Crippen molar-refractivity contribution in [1.29, 1.82) is 0 Å². The van der Waals surface area contributed by atoms with Crippen LogP contribution in [0.5, 0.6) is 5.75 Å². The maximum Gasteiger partial charge on any atom is 0.263 e. The van der Waals surface area contributed by atoms with Crippen LogP contribution in [0.4, 0.5) is 0 Å². The van der Waals surface area contributed by atoms with E-state index in [0.29, 0.717) is 0 Å². The molecule has 0 unspecified atom stereocenters. The zero-order valence-electron chi connectivity index (χ0n) is 14.0. The molecule has 1 atom stereocenters. The van der Waals surface area contributed by atoms with Gasteiger partial charge in [-0.1, -0.05) is 18.2 Å². The lowest BCUT2D eigenvalue weighted by Gasteiger charge is -2.35. The van der Waals surface area contributed by atoms with Gasteiger partial charge in [0.2, 0.25) is 0 Å². The molecule has 0 saturated carbocycles. The molecule has 24 heavy (non-hydrogen) atoms. The first-order chi connectivity index (χ1) is 11.7. The van der Waals surface area contributed by atoms with Gasteiger partial charge in [0.05, 0.1) is 6.33 Å². The standard InChI is InChI=1S/C18H24N4O2/c1-16(24-17-5-3-2-4-6-17)18(23)22-13-11-20(12-14-22)9-10-21-8-7-19-15-21/h2-8,15-16H,9-14H2,1H3/t16-/m0/s1. The number of aromatic nitrogens is 2. The normalized spacial score (nSPS) is 16.8. The summed E-state index contributed by atoms with van der Waals surface area (Å²) < 4.78 is 7.81. The summed E-state index contributed by atoms with van der Waals surface area (Å²) in [6.07, 6.45) is 5.15. The fourth-order valence-electron chi connectivity index (χ4n) is 2.88. The SMILES string of the molecule is C[C@H](Oc1ccccc1)C(=O)N1CCN(CCn2ccnc2)CC1. The topological polar surface area (TPSA) is 50.6 Å². The molecule has 1 aromatic heterocycles. The van der Waals surface area contributed by atoms with Crippen molar-refractivity contribution in [2.45, 2.75) is 19.6 Å². The number of imidazole rings is 1. The molecule has 6 heteroatoms. The summed E-state index contributed by atoms with van der Waals surface area (Å²) in [5.74, 6) is 0.797. The van der Waals surface area contributed by atoms with Crippen molar-refractivity contribution in [2.75, 3.05) is 32.7 Å². The fraction of sp³-hybridized carbons (Fsp3) is 0.444. The molecular weight excluding hydrogens is 304 g/mol. The molecule has 0 N–H and O–H groups in total. The second kappa shape index (κ2) is 7.97. The number of para-hydroxylation sites is 1. The van der Waals surface area contributed by atoms with Crippen LogP contribution in [0.25, 0.3) is 0 Å². The van der Waals surface area contributed by atoms with E-state index in [1.165, 1.54) is 0 Å². The minimum atomic E-state index is -0.454. The number of carbonyl (C=O) groups excluding carboxylic acids is 1. The lowest BCUT2D eigenvalue weighted by atomic mass is 10.2. The van der Waals surface area contributed by atoms with Crippen LogP contribution in [0, 0.1) is 0 Å². The predicted molar refractivity (Wildman–Crippen MR) is 91.8 cm³/mol. The van der Waals surface area contributed by atoms with Gasteiger partial charge in [0.1, 0.15) is 5.75 Å². The Morgan fingerprint density at radius 3 is 2.58 bits per heavy atom. The number of nitrogens with zero attached hydrogens (tertiary/aromatic N) is 4. The molecule has 1 aromatic carbocycles. The highest BCUT2D eigenvalue weighted by Crippen LogP contribution is 2.13. The lowest BCUT2D eigenvalue weighted by molar-refractivity contribution is -0.139. The van der Waals surface area contributed by atoms with Crippen molar-refractivity contribution in [2.24, 2.45) is 0 Å². The first-order valence-electron chi connectivity index (χ1n) is 8.41. The van der Waals surface area contributed by atoms with Crippen LogP contribution in [-0.2, 0) is 11.3 Å². The van der Waals surface area contributed by atoms with E-state index in [1.807, 2.05) is 54.7 Å². The first-order valence-corrected chi connectivity index (χ1v) is 8.41. The Balaban J connectivity index is 1.42. The molecule has 0 spiro atoms. The number of rotatable bonds is 6. The molecule has 1 aliphatic rings. The van der Waals surface area contributed by atoms with E-state index in [9.17, 15) is 4.79 Å². The maximum absolute atomic E-state index is 12.5. The van der Waals surface area contributed by atoms with Crippen molar-refractivity contribution >= 4 is 5.91 Å². The Morgan fingerprint density at radius 1 is 1.17 bits per heavy atom. The van der Waals surface area contributed by atoms with Gasteiger partial charge in [0, 0.05) is 51.7 Å². The Bertz CT molecular complexity index is 622. The third kappa shape index (κ3) is 4.35. The summed E-state index contributed by atoms with van der Waals surface area (Å²) in [7, 11) is 0. The molecule has 1 aliphatic heterocycles. The molecular formula is C18H24N4O2. The van der Waals surface area contributed by atoms with Gasteiger partial charge >= 0.3 is 0 Å². The minimum absolute atomic E-state index is 0.0631. The van der Waals surface area contributed by atoms with Crippen molar-refractivity contribution in [3.8, 4) is 5.75 Å². The summed E-state index contributed by atoms with van der Waals surface area (Å²) in [5, 5.41) is 0. The largest absolute Gasteiger partial charge is 0.481 e. The van der Waals surface area contributed by atoms with Crippen LogP contribution in [0.2, 0.25) is 0 Å². The quantitative estimate of drug-likeness (QED) is 0.806. The highest BCUT2D eigenvalue weighted by molar-refractivity contribution is 5.81. The van der Waals surface area contributed by atoms with Gasteiger partial charge in [0.15, 0.2) is 6.10 Å². The Hall–Kier alpha value is -2.34. The zero-order chi connectivity index (χ0) is 16.8. The van der Waals surface area contributed by atoms with Crippen LogP contribution in [0.15, 0.2) is 49.1 Å². The van der Waals surface area contributed by atoms with Crippen molar-refractivity contribution in [3.63, 3.8) is 0 Å². The molecule has 2 aromatic rings. The van der Waals surface area contributed by atoms with E-state index in [4.69, 9.17) is 4.74 Å². The van der Waals surface area contributed by atoms with Crippen LogP contribution in [-0.4, -0.2) is 64.1 Å². The maximum atomic E-state index is 12.5. The van der Waals surface area contributed by atoms with Crippen LogP contribution >= 0.6 is 0 Å². The summed E-state index contributed by atoms with van der Waals surface area (Å²) in [5.41, 5.74) is 0. The van der Waals surface area contributed by atoms with Crippen molar-refractivity contribution in [1.82, 2.24) is 19.4 Å². The average molecular weight is 328 g/mol. The van der Waals surface area contributed by atoms with Gasteiger partial charge < -0.3 is 14.2 Å². The third-order valence-electron chi connectivity index (χ3n) is 4.32. The van der Waals surface area contributed by atoms with Crippen LogP contribution in [0.3, 0.4) is 0 Å². The van der Waals surface area contributed by atoms with Gasteiger partial charge in [-0.15, -0.1) is 0 Å². The van der Waals surface area contributed by atoms with Gasteiger partial charge in [-0.2, -0.15) is 0 Å². The number of carbonyl (C=O) groups is 1. The van der Waals surface area contributed by atoms with E-state index in [1.54, 1.807) is 6.20 Å². The van der Waals surface area contributed by atoms with Crippen LogP contribution in [0.1, 0.15) is 6.92 Å². The second-order valence-electron chi connectivity index (χ2n) is 6.04. The van der Waals surface area contributed by atoms with Gasteiger partial charge in [-0.3, -0.25) is 9.69 Å². The van der Waals surface area contributed by atoms with Crippen LogP contribution < -0.4 is 4.74 Å². The molecule has 6 nitrogen and oxygen atoms in total. The van der Waals surface area contributed by atoms with Gasteiger partial charge in [-0.05, 0) is 19.1 Å². The van der Waals surface area contributed by atoms with E-state index in [0.717, 1.165) is 45.0 Å². The van der Waals surface area contributed by atoms with Crippen molar-refractivity contribution < 1.29 is 9.53 Å². The smallest absolute Gasteiger partial charge is 0.263 e. The number of piperazine rings is 1. The molecule has 0 aliphatic carbocycles.